The summed E-state index contributed by atoms with van der Waals surface area (Å²) in [6.07, 6.45) is 1.20. The standard InChI is InChI=1S/C9H15N3O3S2/c1-11-7(4-8(16)10-11)9(15-2)5-12(6-9)17(3,13)14/h4H,5-6H2,1-3H3,(H,10,16). The Morgan fingerprint density at radius 1 is 1.53 bits per heavy atom. The van der Waals surface area contributed by atoms with Gasteiger partial charge in [0.05, 0.1) is 11.9 Å². The molecule has 2 rings (SSSR count). The Bertz CT molecular complexity index is 581. The number of nitrogens with zero attached hydrogens (tertiary/aromatic N) is 2. The lowest BCUT2D eigenvalue weighted by atomic mass is 9.92. The zero-order valence-corrected chi connectivity index (χ0v) is 11.6. The highest BCUT2D eigenvalue weighted by molar-refractivity contribution is 7.88. The van der Waals surface area contributed by atoms with Gasteiger partial charge in [0.25, 0.3) is 0 Å². The van der Waals surface area contributed by atoms with Crippen molar-refractivity contribution in [3.05, 3.63) is 16.4 Å². The van der Waals surface area contributed by atoms with Gasteiger partial charge in [0, 0.05) is 27.2 Å². The topological polar surface area (TPSA) is 67.3 Å². The molecule has 0 aliphatic carbocycles. The molecule has 6 nitrogen and oxygen atoms in total. The molecule has 1 aromatic rings. The SMILES string of the molecule is COC1(c2cc(=S)[nH]n2C)CN(S(C)(=O)=O)C1. The van der Waals surface area contributed by atoms with Crippen LogP contribution in [0.5, 0.6) is 0 Å². The van der Waals surface area contributed by atoms with Crippen molar-refractivity contribution in [1.82, 2.24) is 14.1 Å². The Morgan fingerprint density at radius 2 is 2.12 bits per heavy atom. The van der Waals surface area contributed by atoms with E-state index in [-0.39, 0.29) is 0 Å². The molecule has 0 radical (unpaired) electrons. The van der Waals surface area contributed by atoms with Gasteiger partial charge in [-0.25, -0.2) is 8.42 Å². The van der Waals surface area contributed by atoms with Crippen molar-refractivity contribution in [3.8, 4) is 0 Å². The first-order valence-corrected chi connectivity index (χ1v) is 7.31. The van der Waals surface area contributed by atoms with E-state index >= 15 is 0 Å². The molecular weight excluding hydrogens is 262 g/mol. The molecule has 2 heterocycles. The average Bonchev–Trinajstić information content (AvgIpc) is 2.43. The van der Waals surface area contributed by atoms with Crippen LogP contribution in [0.2, 0.25) is 0 Å². The highest BCUT2D eigenvalue weighted by atomic mass is 32.2. The number of hydrogen-bond donors (Lipinski definition) is 1. The van der Waals surface area contributed by atoms with E-state index in [0.29, 0.717) is 17.7 Å². The Kier molecular flexibility index (Phi) is 2.93. The smallest absolute Gasteiger partial charge is 0.211 e. The van der Waals surface area contributed by atoms with Crippen LogP contribution in [0.3, 0.4) is 0 Å². The third kappa shape index (κ3) is 2.05. The predicted octanol–water partition coefficient (Wildman–Crippen LogP) is 0.200. The van der Waals surface area contributed by atoms with Crippen LogP contribution < -0.4 is 0 Å². The van der Waals surface area contributed by atoms with Crippen molar-refractivity contribution < 1.29 is 13.2 Å². The third-order valence-corrected chi connectivity index (χ3v) is 4.50. The van der Waals surface area contributed by atoms with E-state index < -0.39 is 15.6 Å². The number of sulfonamides is 1. The molecule has 17 heavy (non-hydrogen) atoms. The molecule has 1 saturated heterocycles. The molecule has 0 bridgehead atoms. The van der Waals surface area contributed by atoms with E-state index in [1.165, 1.54) is 10.6 Å². The number of aromatic amines is 1. The molecule has 1 N–H and O–H groups in total. The number of rotatable bonds is 3. The van der Waals surface area contributed by atoms with Gasteiger partial charge in [-0.3, -0.25) is 9.78 Å². The van der Waals surface area contributed by atoms with Gasteiger partial charge >= 0.3 is 0 Å². The monoisotopic (exact) mass is 277 g/mol. The summed E-state index contributed by atoms with van der Waals surface area (Å²) >= 11 is 5.05. The first kappa shape index (κ1) is 12.7. The van der Waals surface area contributed by atoms with Gasteiger partial charge in [0.15, 0.2) is 0 Å². The minimum Gasteiger partial charge on any atom is -0.369 e. The minimum atomic E-state index is -3.15. The maximum Gasteiger partial charge on any atom is 0.211 e. The van der Waals surface area contributed by atoms with Gasteiger partial charge in [-0.05, 0) is 6.07 Å². The average molecular weight is 277 g/mol. The third-order valence-electron chi connectivity index (χ3n) is 3.10. The summed E-state index contributed by atoms with van der Waals surface area (Å²) in [5, 5.41) is 2.95. The molecule has 96 valence electrons. The highest BCUT2D eigenvalue weighted by Crippen LogP contribution is 2.36. The summed E-state index contributed by atoms with van der Waals surface area (Å²) in [5.74, 6) is 0. The molecule has 0 amide bonds. The number of nitrogens with one attached hydrogen (secondary N) is 1. The first-order chi connectivity index (χ1) is 7.78. The van der Waals surface area contributed by atoms with Crippen LogP contribution in [0.15, 0.2) is 6.07 Å². The van der Waals surface area contributed by atoms with E-state index in [1.54, 1.807) is 17.9 Å². The Morgan fingerprint density at radius 3 is 2.47 bits per heavy atom. The lowest BCUT2D eigenvalue weighted by molar-refractivity contribution is -0.103. The van der Waals surface area contributed by atoms with Crippen molar-refractivity contribution in [3.63, 3.8) is 0 Å². The second-order valence-electron chi connectivity index (χ2n) is 4.29. The molecule has 0 unspecified atom stereocenters. The van der Waals surface area contributed by atoms with Gasteiger partial charge in [-0.2, -0.15) is 4.31 Å². The molecule has 0 aromatic carbocycles. The Balaban J connectivity index is 2.32. The largest absolute Gasteiger partial charge is 0.369 e. The van der Waals surface area contributed by atoms with Crippen molar-refractivity contribution >= 4 is 22.2 Å². The van der Waals surface area contributed by atoms with E-state index in [1.807, 2.05) is 7.05 Å². The van der Waals surface area contributed by atoms with Crippen molar-refractivity contribution in [2.45, 2.75) is 5.60 Å². The van der Waals surface area contributed by atoms with Gasteiger partial charge in [0.1, 0.15) is 10.2 Å². The van der Waals surface area contributed by atoms with Gasteiger partial charge in [0.2, 0.25) is 10.0 Å². The minimum absolute atomic E-state index is 0.322. The lowest BCUT2D eigenvalue weighted by Crippen LogP contribution is -2.62. The van der Waals surface area contributed by atoms with E-state index in [9.17, 15) is 8.42 Å². The zero-order valence-electron chi connectivity index (χ0n) is 9.93. The van der Waals surface area contributed by atoms with E-state index in [0.717, 1.165) is 5.69 Å². The van der Waals surface area contributed by atoms with E-state index in [2.05, 4.69) is 5.10 Å². The number of ether oxygens (including phenoxy) is 1. The van der Waals surface area contributed by atoms with Crippen LogP contribution in [-0.2, 0) is 27.4 Å². The fourth-order valence-corrected chi connectivity index (χ4v) is 3.20. The number of aryl methyl sites for hydroxylation is 1. The second kappa shape index (κ2) is 3.91. The maximum atomic E-state index is 11.4. The Hall–Kier alpha value is -0.700. The maximum absolute atomic E-state index is 11.4. The number of hydrogen-bond acceptors (Lipinski definition) is 4. The highest BCUT2D eigenvalue weighted by Gasteiger charge is 2.50. The molecular formula is C9H15N3O3S2. The fourth-order valence-electron chi connectivity index (χ4n) is 2.07. The van der Waals surface area contributed by atoms with Crippen molar-refractivity contribution in [1.29, 1.82) is 0 Å². The first-order valence-electron chi connectivity index (χ1n) is 5.05. The molecule has 1 aliphatic heterocycles. The van der Waals surface area contributed by atoms with Crippen LogP contribution in [0.1, 0.15) is 5.69 Å². The Labute approximate surface area is 105 Å². The molecule has 0 saturated carbocycles. The van der Waals surface area contributed by atoms with Crippen LogP contribution in [0.4, 0.5) is 0 Å². The molecule has 1 fully saturated rings. The quantitative estimate of drug-likeness (QED) is 0.802. The molecule has 0 atom stereocenters. The van der Waals surface area contributed by atoms with Crippen LogP contribution in [-0.4, -0.2) is 49.0 Å². The fraction of sp³-hybridized carbons (Fsp3) is 0.667. The lowest BCUT2D eigenvalue weighted by Gasteiger charge is -2.47. The normalized spacial score (nSPS) is 20.2. The molecule has 1 aromatic heterocycles. The number of aromatic nitrogens is 2. The van der Waals surface area contributed by atoms with Crippen LogP contribution in [0, 0.1) is 4.64 Å². The number of methoxy groups -OCH3 is 1. The summed E-state index contributed by atoms with van der Waals surface area (Å²) in [4.78, 5) is 0. The summed E-state index contributed by atoms with van der Waals surface area (Å²) in [6.45, 7) is 0.644. The molecule has 0 spiro atoms. The predicted molar refractivity (Wildman–Crippen MR) is 65.7 cm³/mol. The van der Waals surface area contributed by atoms with E-state index in [4.69, 9.17) is 17.0 Å². The molecule has 1 aliphatic rings. The summed E-state index contributed by atoms with van der Waals surface area (Å²) in [5.41, 5.74) is 0.274. The summed E-state index contributed by atoms with van der Waals surface area (Å²) < 4.78 is 32.0. The van der Waals surface area contributed by atoms with Crippen LogP contribution in [0.25, 0.3) is 0 Å². The van der Waals surface area contributed by atoms with Crippen molar-refractivity contribution in [2.75, 3.05) is 26.5 Å². The van der Waals surface area contributed by atoms with Gasteiger partial charge in [-0.1, -0.05) is 12.2 Å². The van der Waals surface area contributed by atoms with Gasteiger partial charge in [-0.15, -0.1) is 0 Å². The molecule has 8 heteroatoms. The van der Waals surface area contributed by atoms with Crippen molar-refractivity contribution in [2.24, 2.45) is 7.05 Å². The number of H-pyrrole nitrogens is 1. The van der Waals surface area contributed by atoms with Crippen LogP contribution >= 0.6 is 12.2 Å². The summed E-state index contributed by atoms with van der Waals surface area (Å²) in [6, 6.07) is 1.80. The summed E-state index contributed by atoms with van der Waals surface area (Å²) in [7, 11) is 0.254. The second-order valence-corrected chi connectivity index (χ2v) is 6.72. The van der Waals surface area contributed by atoms with Gasteiger partial charge < -0.3 is 4.74 Å². The zero-order chi connectivity index (χ0) is 12.8.